The fourth-order valence-electron chi connectivity index (χ4n) is 4.14. The molecule has 0 bridgehead atoms. The number of carbonyl (C=O) groups is 1. The molecule has 5 rings (SSSR count). The zero-order valence-corrected chi connectivity index (χ0v) is 22.4. The van der Waals surface area contributed by atoms with Crippen LogP contribution in [0.4, 0.5) is 11.6 Å². The second-order valence-corrected chi connectivity index (χ2v) is 10.1. The molecule has 1 aliphatic rings. The quantitative estimate of drug-likeness (QED) is 0.245. The zero-order valence-electron chi connectivity index (χ0n) is 20.0. The van der Waals surface area contributed by atoms with Gasteiger partial charge in [-0.05, 0) is 48.4 Å². The number of amides is 1. The Hall–Kier alpha value is -3.46. The van der Waals surface area contributed by atoms with Gasteiger partial charge in [0, 0.05) is 21.5 Å². The Labute approximate surface area is 228 Å². The van der Waals surface area contributed by atoms with Crippen molar-refractivity contribution < 1.29 is 9.53 Å². The van der Waals surface area contributed by atoms with Crippen molar-refractivity contribution in [2.45, 2.75) is 23.9 Å². The minimum Gasteiger partial charge on any atom is -0.495 e. The first-order chi connectivity index (χ1) is 17.9. The summed E-state index contributed by atoms with van der Waals surface area (Å²) in [6.07, 6.45) is 0. The Balaban J connectivity index is 1.50. The molecular formula is C27H23Cl2N5O2S. The fraction of sp³-hybridized carbons (Fsp3) is 0.148. The number of nitrogens with one attached hydrogen (secondary N) is 2. The highest BCUT2D eigenvalue weighted by Crippen LogP contribution is 2.38. The molecule has 1 aliphatic heterocycles. The lowest BCUT2D eigenvalue weighted by molar-refractivity contribution is -0.113. The van der Waals surface area contributed by atoms with Gasteiger partial charge in [-0.2, -0.15) is 4.98 Å². The molecule has 0 saturated heterocycles. The molecule has 4 aromatic rings. The van der Waals surface area contributed by atoms with Crippen molar-refractivity contribution >= 4 is 52.5 Å². The second kappa shape index (κ2) is 10.9. The molecule has 0 spiro atoms. The second-order valence-electron chi connectivity index (χ2n) is 8.31. The van der Waals surface area contributed by atoms with Crippen molar-refractivity contribution in [2.75, 3.05) is 17.7 Å². The molecule has 1 aromatic heterocycles. The van der Waals surface area contributed by atoms with Crippen LogP contribution in [0.15, 0.2) is 89.2 Å². The van der Waals surface area contributed by atoms with Gasteiger partial charge in [0.15, 0.2) is 0 Å². The van der Waals surface area contributed by atoms with Gasteiger partial charge < -0.3 is 15.4 Å². The number of ether oxygens (including phenoxy) is 1. The molecule has 0 aliphatic carbocycles. The number of halogens is 2. The summed E-state index contributed by atoms with van der Waals surface area (Å²) in [5.74, 6) is 1.46. The van der Waals surface area contributed by atoms with Crippen molar-refractivity contribution in [3.8, 4) is 5.75 Å². The third kappa shape index (κ3) is 5.32. The van der Waals surface area contributed by atoms with E-state index in [-0.39, 0.29) is 5.91 Å². The molecule has 3 aromatic carbocycles. The molecule has 2 heterocycles. The molecule has 7 nitrogen and oxygen atoms in total. The topological polar surface area (TPSA) is 81.1 Å². The van der Waals surface area contributed by atoms with Gasteiger partial charge in [-0.25, -0.2) is 4.68 Å². The smallest absolute Gasteiger partial charge is 0.255 e. The monoisotopic (exact) mass is 551 g/mol. The molecule has 0 fully saturated rings. The normalized spacial score (nSPS) is 14.6. The molecule has 0 saturated carbocycles. The van der Waals surface area contributed by atoms with E-state index < -0.39 is 6.04 Å². The van der Waals surface area contributed by atoms with Crippen LogP contribution >= 0.6 is 35.0 Å². The van der Waals surface area contributed by atoms with Crippen molar-refractivity contribution in [3.63, 3.8) is 0 Å². The number of aromatic nitrogens is 3. The van der Waals surface area contributed by atoms with Crippen LogP contribution in [0.2, 0.25) is 10.0 Å². The average Bonchev–Trinajstić information content (AvgIpc) is 3.30. The van der Waals surface area contributed by atoms with Gasteiger partial charge in [0.2, 0.25) is 11.1 Å². The maximum Gasteiger partial charge on any atom is 0.255 e. The standard InChI is InChI=1S/C27H23Cl2N5O2S/c1-16-23(25(35)31-21-9-5-6-10-22(21)36-2)24(17-11-13-19(28)14-12-17)34-26(30-16)32-27(33-34)37-15-18-7-3-4-8-20(18)29/h3-14,24H,15H2,1-2H3,(H,31,35)(H,30,32,33). The Morgan fingerprint density at radius 3 is 2.57 bits per heavy atom. The number of allylic oxidation sites excluding steroid dienone is 1. The van der Waals surface area contributed by atoms with Gasteiger partial charge in [0.05, 0.1) is 18.4 Å². The highest BCUT2D eigenvalue weighted by molar-refractivity contribution is 7.98. The molecule has 0 radical (unpaired) electrons. The van der Waals surface area contributed by atoms with Gasteiger partial charge in [-0.15, -0.1) is 5.10 Å². The molecule has 1 unspecified atom stereocenters. The number of nitrogens with zero attached hydrogens (tertiary/aromatic N) is 3. The van der Waals surface area contributed by atoms with Gasteiger partial charge in [0.1, 0.15) is 11.8 Å². The molecule has 37 heavy (non-hydrogen) atoms. The number of hydrogen-bond acceptors (Lipinski definition) is 6. The van der Waals surface area contributed by atoms with Crippen molar-refractivity contribution in [1.82, 2.24) is 14.8 Å². The highest BCUT2D eigenvalue weighted by atomic mass is 35.5. The molecular weight excluding hydrogens is 529 g/mol. The summed E-state index contributed by atoms with van der Waals surface area (Å²) in [4.78, 5) is 18.4. The van der Waals surface area contributed by atoms with Gasteiger partial charge in [0.25, 0.3) is 5.91 Å². The van der Waals surface area contributed by atoms with E-state index in [0.29, 0.717) is 49.6 Å². The van der Waals surface area contributed by atoms with E-state index in [9.17, 15) is 4.79 Å². The Bertz CT molecular complexity index is 1490. The minimum absolute atomic E-state index is 0.277. The third-order valence-electron chi connectivity index (χ3n) is 5.93. The van der Waals surface area contributed by atoms with Crippen molar-refractivity contribution in [3.05, 3.63) is 105 Å². The predicted octanol–water partition coefficient (Wildman–Crippen LogP) is 6.81. The summed E-state index contributed by atoms with van der Waals surface area (Å²) >= 11 is 14.0. The summed E-state index contributed by atoms with van der Waals surface area (Å²) in [5.41, 5.74) is 3.60. The number of para-hydroxylation sites is 2. The molecule has 10 heteroatoms. The molecule has 1 amide bonds. The predicted molar refractivity (Wildman–Crippen MR) is 149 cm³/mol. The van der Waals surface area contributed by atoms with Gasteiger partial charge in [-0.3, -0.25) is 4.79 Å². The Morgan fingerprint density at radius 1 is 1.08 bits per heavy atom. The van der Waals surface area contributed by atoms with Crippen LogP contribution in [0.5, 0.6) is 5.75 Å². The summed E-state index contributed by atoms with van der Waals surface area (Å²) in [5, 5.41) is 12.9. The maximum atomic E-state index is 13.7. The van der Waals surface area contributed by atoms with Gasteiger partial charge >= 0.3 is 0 Å². The first-order valence-electron chi connectivity index (χ1n) is 11.4. The van der Waals surface area contributed by atoms with E-state index in [1.165, 1.54) is 11.8 Å². The lowest BCUT2D eigenvalue weighted by Gasteiger charge is -2.28. The molecule has 188 valence electrons. The molecule has 2 N–H and O–H groups in total. The van der Waals surface area contributed by atoms with Crippen LogP contribution in [0.3, 0.4) is 0 Å². The van der Waals surface area contributed by atoms with E-state index in [4.69, 9.17) is 38.0 Å². The summed E-state index contributed by atoms with van der Waals surface area (Å²) in [7, 11) is 1.57. The average molecular weight is 552 g/mol. The number of benzene rings is 3. The molecule has 1 atom stereocenters. The van der Waals surface area contributed by atoms with E-state index in [1.807, 2.05) is 55.5 Å². The summed E-state index contributed by atoms with van der Waals surface area (Å²) in [6, 6.07) is 21.8. The first-order valence-corrected chi connectivity index (χ1v) is 13.2. The summed E-state index contributed by atoms with van der Waals surface area (Å²) in [6.45, 7) is 1.86. The third-order valence-corrected chi connectivity index (χ3v) is 7.44. The van der Waals surface area contributed by atoms with E-state index in [1.54, 1.807) is 36.1 Å². The van der Waals surface area contributed by atoms with E-state index in [0.717, 1.165) is 11.1 Å². The zero-order chi connectivity index (χ0) is 25.9. The number of methoxy groups -OCH3 is 1. The minimum atomic E-state index is -0.523. The van der Waals surface area contributed by atoms with E-state index >= 15 is 0 Å². The lowest BCUT2D eigenvalue weighted by atomic mass is 9.95. The van der Waals surface area contributed by atoms with Crippen molar-refractivity contribution in [2.24, 2.45) is 0 Å². The van der Waals surface area contributed by atoms with Crippen LogP contribution in [-0.2, 0) is 10.5 Å². The fourth-order valence-corrected chi connectivity index (χ4v) is 5.38. The highest BCUT2D eigenvalue weighted by Gasteiger charge is 2.34. The number of anilines is 2. The number of thioether (sulfide) groups is 1. The van der Waals surface area contributed by atoms with E-state index in [2.05, 4.69) is 10.6 Å². The number of hydrogen-bond donors (Lipinski definition) is 2. The van der Waals surface area contributed by atoms with Gasteiger partial charge in [-0.1, -0.05) is 77.4 Å². The first kappa shape index (κ1) is 25.2. The Kier molecular flexibility index (Phi) is 7.41. The van der Waals surface area contributed by atoms with Crippen molar-refractivity contribution in [1.29, 1.82) is 0 Å². The largest absolute Gasteiger partial charge is 0.495 e. The lowest BCUT2D eigenvalue weighted by Crippen LogP contribution is -2.31. The SMILES string of the molecule is COc1ccccc1NC(=O)C1=C(C)Nc2nc(SCc3ccccc3Cl)nn2C1c1ccc(Cl)cc1. The maximum absolute atomic E-state index is 13.7. The van der Waals surface area contributed by atoms with Crippen LogP contribution < -0.4 is 15.4 Å². The van der Waals surface area contributed by atoms with Crippen LogP contribution in [0.25, 0.3) is 0 Å². The van der Waals surface area contributed by atoms with Crippen LogP contribution in [0.1, 0.15) is 24.1 Å². The summed E-state index contributed by atoms with van der Waals surface area (Å²) < 4.78 is 7.15. The van der Waals surface area contributed by atoms with Crippen LogP contribution in [-0.4, -0.2) is 27.8 Å². The number of carbonyl (C=O) groups excluding carboxylic acids is 1. The Morgan fingerprint density at radius 2 is 1.81 bits per heavy atom. The number of rotatable bonds is 7. The number of fused-ring (bicyclic) bond motifs is 1. The van der Waals surface area contributed by atoms with Crippen LogP contribution in [0, 0.1) is 0 Å².